The highest BCUT2D eigenvalue weighted by Crippen LogP contribution is 2.26. The molecule has 0 amide bonds. The topological polar surface area (TPSA) is 67.8 Å². The van der Waals surface area contributed by atoms with Crippen molar-refractivity contribution in [3.8, 4) is 10.4 Å². The predicted molar refractivity (Wildman–Crippen MR) is 111 cm³/mol. The van der Waals surface area contributed by atoms with Gasteiger partial charge in [-0.1, -0.05) is 24.3 Å². The van der Waals surface area contributed by atoms with E-state index in [2.05, 4.69) is 26.3 Å². The maximum absolute atomic E-state index is 12.8. The van der Waals surface area contributed by atoms with Gasteiger partial charge >= 0.3 is 0 Å². The molecule has 5 rings (SSSR count). The van der Waals surface area contributed by atoms with Crippen molar-refractivity contribution in [2.24, 2.45) is 0 Å². The Morgan fingerprint density at radius 3 is 2.96 bits per heavy atom. The van der Waals surface area contributed by atoms with E-state index in [1.807, 2.05) is 42.0 Å². The number of nitrogens with one attached hydrogen (secondary N) is 1. The number of rotatable bonds is 4. The number of nitrogens with zero attached hydrogens (tertiary/aromatic N) is 3. The number of carbonyl (C=O) groups is 1. The first-order chi connectivity index (χ1) is 13.8. The molecule has 28 heavy (non-hydrogen) atoms. The van der Waals surface area contributed by atoms with Crippen molar-refractivity contribution in [1.29, 1.82) is 0 Å². The van der Waals surface area contributed by atoms with E-state index < -0.39 is 0 Å². The molecule has 3 heterocycles. The minimum absolute atomic E-state index is 0.0475. The quantitative estimate of drug-likeness (QED) is 0.540. The van der Waals surface area contributed by atoms with E-state index >= 15 is 0 Å². The Balaban J connectivity index is 1.42. The minimum Gasteiger partial charge on any atom is -0.312 e. The van der Waals surface area contributed by atoms with Crippen LogP contribution in [0.2, 0.25) is 0 Å². The molecule has 0 saturated heterocycles. The van der Waals surface area contributed by atoms with Gasteiger partial charge in [-0.3, -0.25) is 9.78 Å². The molecule has 6 heteroatoms. The van der Waals surface area contributed by atoms with Crippen LogP contribution in [0.3, 0.4) is 0 Å². The molecule has 0 bridgehead atoms. The van der Waals surface area contributed by atoms with E-state index in [0.717, 1.165) is 46.4 Å². The monoisotopic (exact) mass is 386 g/mol. The molecule has 2 aromatic heterocycles. The molecule has 1 N–H and O–H groups in total. The molecular weight excluding hydrogens is 368 g/mol. The van der Waals surface area contributed by atoms with Crippen molar-refractivity contribution in [2.75, 3.05) is 6.54 Å². The summed E-state index contributed by atoms with van der Waals surface area (Å²) in [7, 11) is 0. The molecular formula is C22H18N4OS. The Kier molecular flexibility index (Phi) is 4.43. The number of fused-ring (bicyclic) bond motifs is 2. The summed E-state index contributed by atoms with van der Waals surface area (Å²) in [5.41, 5.74) is 7.01. The number of hydrogen-bond donors (Lipinski definition) is 1. The lowest BCUT2D eigenvalue weighted by atomic mass is 9.96. The standard InChI is InChI=1S/C22H18N4OS/c27-20(15-2-1-14-5-6-23-10-18(14)7-15)9-22-25-11-17-4-3-16(8-19(17)26-22)21-12-24-13-28-21/h1-4,7-8,11-13,23H,5-6,9-10H2. The Labute approximate surface area is 166 Å². The molecule has 0 radical (unpaired) electrons. The zero-order chi connectivity index (χ0) is 18.9. The van der Waals surface area contributed by atoms with Gasteiger partial charge in [-0.15, -0.1) is 11.3 Å². The zero-order valence-electron chi connectivity index (χ0n) is 15.2. The smallest absolute Gasteiger partial charge is 0.170 e. The normalized spacial score (nSPS) is 13.4. The van der Waals surface area contributed by atoms with E-state index in [1.54, 1.807) is 17.5 Å². The van der Waals surface area contributed by atoms with Crippen LogP contribution in [0.5, 0.6) is 0 Å². The second-order valence-electron chi connectivity index (χ2n) is 6.94. The number of Topliss-reactive ketones (excluding diaryl/α,β-unsaturated/α-hetero) is 1. The predicted octanol–water partition coefficient (Wildman–Crippen LogP) is 3.82. The van der Waals surface area contributed by atoms with Crippen molar-refractivity contribution in [2.45, 2.75) is 19.4 Å². The van der Waals surface area contributed by atoms with E-state index in [9.17, 15) is 4.79 Å². The molecule has 0 spiro atoms. The van der Waals surface area contributed by atoms with Gasteiger partial charge in [0, 0.05) is 29.9 Å². The maximum Gasteiger partial charge on any atom is 0.170 e. The van der Waals surface area contributed by atoms with Crippen LogP contribution in [0.15, 0.2) is 54.3 Å². The van der Waals surface area contributed by atoms with Crippen molar-refractivity contribution >= 4 is 28.0 Å². The molecule has 4 aromatic rings. The second kappa shape index (κ2) is 7.22. The van der Waals surface area contributed by atoms with Gasteiger partial charge in [0.25, 0.3) is 0 Å². The largest absolute Gasteiger partial charge is 0.312 e. The highest BCUT2D eigenvalue weighted by atomic mass is 32.1. The number of benzene rings is 2. The van der Waals surface area contributed by atoms with Crippen molar-refractivity contribution < 1.29 is 4.79 Å². The Morgan fingerprint density at radius 2 is 2.07 bits per heavy atom. The number of aromatic nitrogens is 3. The molecule has 2 aromatic carbocycles. The fraction of sp³-hybridized carbons (Fsp3) is 0.182. The van der Waals surface area contributed by atoms with Crippen molar-refractivity contribution in [3.63, 3.8) is 0 Å². The molecule has 0 unspecified atom stereocenters. The summed E-state index contributed by atoms with van der Waals surface area (Å²) in [4.78, 5) is 27.1. The number of carbonyl (C=O) groups excluding carboxylic acids is 1. The Bertz CT molecular complexity index is 1170. The van der Waals surface area contributed by atoms with Gasteiger partial charge in [-0.25, -0.2) is 9.97 Å². The SMILES string of the molecule is O=C(Cc1ncc2ccc(-c3cncs3)cc2n1)c1ccc2c(c1)CNCC2. The van der Waals surface area contributed by atoms with E-state index in [1.165, 1.54) is 11.1 Å². The molecule has 1 aliphatic heterocycles. The van der Waals surface area contributed by atoms with Gasteiger partial charge in [-0.05, 0) is 41.8 Å². The van der Waals surface area contributed by atoms with Gasteiger partial charge in [-0.2, -0.15) is 0 Å². The average Bonchev–Trinajstić information content (AvgIpc) is 3.28. The van der Waals surface area contributed by atoms with Crippen molar-refractivity contribution in [1.82, 2.24) is 20.3 Å². The highest BCUT2D eigenvalue weighted by molar-refractivity contribution is 7.13. The third-order valence-corrected chi connectivity index (χ3v) is 5.91. The summed E-state index contributed by atoms with van der Waals surface area (Å²) < 4.78 is 0. The van der Waals surface area contributed by atoms with Crippen LogP contribution in [-0.4, -0.2) is 27.3 Å². The zero-order valence-corrected chi connectivity index (χ0v) is 16.0. The lowest BCUT2D eigenvalue weighted by Crippen LogP contribution is -2.24. The summed E-state index contributed by atoms with van der Waals surface area (Å²) in [6.07, 6.45) is 4.85. The third-order valence-electron chi connectivity index (χ3n) is 5.08. The van der Waals surface area contributed by atoms with Gasteiger partial charge in [0.15, 0.2) is 5.78 Å². The van der Waals surface area contributed by atoms with Crippen LogP contribution in [-0.2, 0) is 19.4 Å². The van der Waals surface area contributed by atoms with Crippen LogP contribution in [0.1, 0.15) is 27.3 Å². The van der Waals surface area contributed by atoms with E-state index in [4.69, 9.17) is 0 Å². The molecule has 5 nitrogen and oxygen atoms in total. The van der Waals surface area contributed by atoms with E-state index in [-0.39, 0.29) is 12.2 Å². The molecule has 0 fully saturated rings. The van der Waals surface area contributed by atoms with Gasteiger partial charge in [0.05, 0.1) is 22.3 Å². The highest BCUT2D eigenvalue weighted by Gasteiger charge is 2.14. The van der Waals surface area contributed by atoms with Gasteiger partial charge in [0.2, 0.25) is 0 Å². The van der Waals surface area contributed by atoms with Crippen molar-refractivity contribution in [3.05, 3.63) is 76.8 Å². The summed E-state index contributed by atoms with van der Waals surface area (Å²) in [5, 5.41) is 4.32. The van der Waals surface area contributed by atoms with Crippen LogP contribution in [0.25, 0.3) is 21.3 Å². The molecule has 0 aliphatic carbocycles. The van der Waals surface area contributed by atoms with Gasteiger partial charge in [0.1, 0.15) is 5.82 Å². The molecule has 0 atom stereocenters. The third kappa shape index (κ3) is 3.32. The first-order valence-electron chi connectivity index (χ1n) is 9.26. The molecule has 0 saturated carbocycles. The molecule has 138 valence electrons. The molecule has 1 aliphatic rings. The Morgan fingerprint density at radius 1 is 1.11 bits per heavy atom. The minimum atomic E-state index is 0.0475. The Hall–Kier alpha value is -2.96. The fourth-order valence-corrected chi connectivity index (χ4v) is 4.18. The fourth-order valence-electron chi connectivity index (χ4n) is 3.56. The summed E-state index contributed by atoms with van der Waals surface area (Å²) in [5.74, 6) is 0.598. The summed E-state index contributed by atoms with van der Waals surface area (Å²) >= 11 is 1.59. The average molecular weight is 386 g/mol. The lowest BCUT2D eigenvalue weighted by molar-refractivity contribution is 0.0990. The van der Waals surface area contributed by atoms with Gasteiger partial charge < -0.3 is 5.32 Å². The first-order valence-corrected chi connectivity index (χ1v) is 10.1. The maximum atomic E-state index is 12.8. The van der Waals surface area contributed by atoms with E-state index in [0.29, 0.717) is 5.82 Å². The first kappa shape index (κ1) is 17.2. The number of ketones is 1. The summed E-state index contributed by atoms with van der Waals surface area (Å²) in [6, 6.07) is 12.1. The number of hydrogen-bond acceptors (Lipinski definition) is 6. The lowest BCUT2D eigenvalue weighted by Gasteiger charge is -2.17. The second-order valence-corrected chi connectivity index (χ2v) is 7.82. The van der Waals surface area contributed by atoms with Crippen LogP contribution in [0.4, 0.5) is 0 Å². The van der Waals surface area contributed by atoms with Crippen LogP contribution < -0.4 is 5.32 Å². The van der Waals surface area contributed by atoms with Crippen LogP contribution in [0, 0.1) is 0 Å². The number of thiazole rings is 1. The summed E-state index contributed by atoms with van der Waals surface area (Å²) in [6.45, 7) is 1.82. The van der Waals surface area contributed by atoms with Crippen LogP contribution >= 0.6 is 11.3 Å².